The molecule has 0 aromatic heterocycles. The van der Waals surface area contributed by atoms with Crippen LogP contribution in [0.15, 0.2) is 36.4 Å². The number of ether oxygens (including phenoxy) is 1. The molecule has 2 rings (SSSR count). The number of carbonyl (C=O) groups is 1. The van der Waals surface area contributed by atoms with E-state index in [1.54, 1.807) is 19.1 Å². The molecule has 0 radical (unpaired) electrons. The van der Waals surface area contributed by atoms with Crippen LogP contribution in [0.3, 0.4) is 0 Å². The third kappa shape index (κ3) is 4.55. The van der Waals surface area contributed by atoms with Crippen LogP contribution in [0.25, 0.3) is 0 Å². The fourth-order valence-electron chi connectivity index (χ4n) is 2.30. The molecule has 23 heavy (non-hydrogen) atoms. The highest BCUT2D eigenvalue weighted by Gasteiger charge is 2.16. The molecule has 3 nitrogen and oxygen atoms in total. The summed E-state index contributed by atoms with van der Waals surface area (Å²) in [6, 6.07) is 10.1. The predicted molar refractivity (Wildman–Crippen MR) is 89.0 cm³/mol. The second kappa shape index (κ2) is 7.27. The Labute approximate surface area is 136 Å². The molecule has 0 heterocycles. The van der Waals surface area contributed by atoms with Crippen LogP contribution in [0.2, 0.25) is 0 Å². The highest BCUT2D eigenvalue weighted by Crippen LogP contribution is 2.24. The van der Waals surface area contributed by atoms with Gasteiger partial charge in [-0.1, -0.05) is 18.2 Å². The van der Waals surface area contributed by atoms with E-state index in [4.69, 9.17) is 4.74 Å². The van der Waals surface area contributed by atoms with Gasteiger partial charge in [0.05, 0.1) is 0 Å². The molecule has 0 fully saturated rings. The molecule has 4 heteroatoms. The zero-order chi connectivity index (χ0) is 17.0. The van der Waals surface area contributed by atoms with Crippen LogP contribution in [-0.4, -0.2) is 12.0 Å². The lowest BCUT2D eigenvalue weighted by molar-refractivity contribution is -0.127. The fraction of sp³-hybridized carbons (Fsp3) is 0.316. The lowest BCUT2D eigenvalue weighted by Gasteiger charge is -2.18. The number of benzene rings is 2. The summed E-state index contributed by atoms with van der Waals surface area (Å²) in [4.78, 5) is 12.2. The lowest BCUT2D eigenvalue weighted by Crippen LogP contribution is -2.36. The Bertz CT molecular complexity index is 695. The van der Waals surface area contributed by atoms with Gasteiger partial charge in [-0.3, -0.25) is 4.79 Å². The van der Waals surface area contributed by atoms with Crippen LogP contribution < -0.4 is 10.1 Å². The predicted octanol–water partition coefficient (Wildman–Crippen LogP) is 3.83. The Balaban J connectivity index is 1.96. The molecular formula is C19H22FNO2. The Morgan fingerprint density at radius 2 is 1.83 bits per heavy atom. The van der Waals surface area contributed by atoms with Crippen molar-refractivity contribution in [2.75, 3.05) is 0 Å². The van der Waals surface area contributed by atoms with Crippen molar-refractivity contribution >= 4 is 5.91 Å². The van der Waals surface area contributed by atoms with E-state index in [9.17, 15) is 9.18 Å². The quantitative estimate of drug-likeness (QED) is 0.910. The molecule has 2 aromatic carbocycles. The Morgan fingerprint density at radius 3 is 2.48 bits per heavy atom. The van der Waals surface area contributed by atoms with Crippen LogP contribution in [-0.2, 0) is 11.3 Å². The number of carbonyl (C=O) groups excluding carboxylic acids is 1. The number of nitrogens with one attached hydrogen (secondary N) is 1. The van der Waals surface area contributed by atoms with E-state index in [-0.39, 0.29) is 11.7 Å². The second-order valence-electron chi connectivity index (χ2n) is 5.81. The van der Waals surface area contributed by atoms with Crippen molar-refractivity contribution in [2.45, 2.75) is 40.3 Å². The average Bonchev–Trinajstić information content (AvgIpc) is 2.51. The fourth-order valence-corrected chi connectivity index (χ4v) is 2.30. The second-order valence-corrected chi connectivity index (χ2v) is 5.81. The van der Waals surface area contributed by atoms with Crippen molar-refractivity contribution < 1.29 is 13.9 Å². The highest BCUT2D eigenvalue weighted by atomic mass is 19.1. The van der Waals surface area contributed by atoms with Crippen LogP contribution >= 0.6 is 0 Å². The SMILES string of the molecule is Cc1cc(C)c(C)c(O[C@@H](C)C(=O)NCc2ccc(F)cc2)c1. The molecule has 1 amide bonds. The average molecular weight is 315 g/mol. The zero-order valence-corrected chi connectivity index (χ0v) is 13.9. The minimum Gasteiger partial charge on any atom is -0.481 e. The van der Waals surface area contributed by atoms with Gasteiger partial charge in [0, 0.05) is 6.54 Å². The maximum atomic E-state index is 12.9. The van der Waals surface area contributed by atoms with Gasteiger partial charge in [0.25, 0.3) is 5.91 Å². The Hall–Kier alpha value is -2.36. The molecule has 0 aliphatic rings. The molecule has 1 atom stereocenters. The van der Waals surface area contributed by atoms with Gasteiger partial charge in [-0.15, -0.1) is 0 Å². The normalized spacial score (nSPS) is 11.9. The van der Waals surface area contributed by atoms with Crippen molar-refractivity contribution in [1.82, 2.24) is 5.32 Å². The molecule has 0 aliphatic heterocycles. The standard InChI is InChI=1S/C19H22FNO2/c1-12-9-13(2)14(3)18(10-12)23-15(4)19(22)21-11-16-5-7-17(20)8-6-16/h5-10,15H,11H2,1-4H3,(H,21,22)/t15-/m0/s1. The van der Waals surface area contributed by atoms with E-state index in [1.165, 1.54) is 12.1 Å². The van der Waals surface area contributed by atoms with E-state index in [1.807, 2.05) is 26.8 Å². The van der Waals surface area contributed by atoms with Gasteiger partial charge in [0.15, 0.2) is 6.10 Å². The van der Waals surface area contributed by atoms with E-state index >= 15 is 0 Å². The van der Waals surface area contributed by atoms with E-state index < -0.39 is 6.10 Å². The van der Waals surface area contributed by atoms with Crippen LogP contribution in [0.5, 0.6) is 5.75 Å². The number of halogens is 1. The summed E-state index contributed by atoms with van der Waals surface area (Å²) in [6.07, 6.45) is -0.602. The minimum atomic E-state index is -0.602. The van der Waals surface area contributed by atoms with Crippen molar-refractivity contribution in [3.8, 4) is 5.75 Å². The van der Waals surface area contributed by atoms with Crippen LogP contribution in [0.1, 0.15) is 29.2 Å². The Morgan fingerprint density at radius 1 is 1.17 bits per heavy atom. The molecule has 2 aromatic rings. The molecule has 1 N–H and O–H groups in total. The van der Waals surface area contributed by atoms with Crippen molar-refractivity contribution in [2.24, 2.45) is 0 Å². The first-order chi connectivity index (χ1) is 10.9. The van der Waals surface area contributed by atoms with Gasteiger partial charge >= 0.3 is 0 Å². The summed E-state index contributed by atoms with van der Waals surface area (Å²) in [5.41, 5.74) is 4.12. The van der Waals surface area contributed by atoms with Gasteiger partial charge in [0.2, 0.25) is 0 Å². The molecule has 0 bridgehead atoms. The van der Waals surface area contributed by atoms with Gasteiger partial charge in [-0.05, 0) is 68.1 Å². The first-order valence-corrected chi connectivity index (χ1v) is 7.63. The monoisotopic (exact) mass is 315 g/mol. The Kier molecular flexibility index (Phi) is 5.37. The van der Waals surface area contributed by atoms with Gasteiger partial charge < -0.3 is 10.1 Å². The maximum Gasteiger partial charge on any atom is 0.261 e. The van der Waals surface area contributed by atoms with Crippen molar-refractivity contribution in [1.29, 1.82) is 0 Å². The molecule has 122 valence electrons. The maximum absolute atomic E-state index is 12.9. The largest absolute Gasteiger partial charge is 0.481 e. The summed E-state index contributed by atoms with van der Waals surface area (Å²) < 4.78 is 18.7. The minimum absolute atomic E-state index is 0.201. The van der Waals surface area contributed by atoms with E-state index in [0.717, 1.165) is 28.0 Å². The number of hydrogen-bond donors (Lipinski definition) is 1. The van der Waals surface area contributed by atoms with E-state index in [0.29, 0.717) is 6.54 Å². The molecule has 0 unspecified atom stereocenters. The topological polar surface area (TPSA) is 38.3 Å². The summed E-state index contributed by atoms with van der Waals surface area (Å²) in [6.45, 7) is 8.07. The molecule has 0 aliphatic carbocycles. The van der Waals surface area contributed by atoms with Gasteiger partial charge in [0.1, 0.15) is 11.6 Å². The van der Waals surface area contributed by atoms with Gasteiger partial charge in [-0.25, -0.2) is 4.39 Å². The number of aryl methyl sites for hydroxylation is 2. The first-order valence-electron chi connectivity index (χ1n) is 7.63. The highest BCUT2D eigenvalue weighted by molar-refractivity contribution is 5.80. The third-order valence-corrected chi connectivity index (χ3v) is 3.82. The van der Waals surface area contributed by atoms with Crippen LogP contribution in [0, 0.1) is 26.6 Å². The molecule has 0 spiro atoms. The molecule has 0 saturated carbocycles. The first kappa shape index (κ1) is 17.0. The third-order valence-electron chi connectivity index (χ3n) is 3.82. The van der Waals surface area contributed by atoms with Crippen molar-refractivity contribution in [3.05, 3.63) is 64.5 Å². The van der Waals surface area contributed by atoms with Gasteiger partial charge in [-0.2, -0.15) is 0 Å². The number of hydrogen-bond acceptors (Lipinski definition) is 2. The number of rotatable bonds is 5. The summed E-state index contributed by atoms with van der Waals surface area (Å²) in [5, 5.41) is 2.80. The van der Waals surface area contributed by atoms with Crippen molar-refractivity contribution in [3.63, 3.8) is 0 Å². The smallest absolute Gasteiger partial charge is 0.261 e. The zero-order valence-electron chi connectivity index (χ0n) is 13.9. The van der Waals surface area contributed by atoms with E-state index in [2.05, 4.69) is 11.4 Å². The summed E-state index contributed by atoms with van der Waals surface area (Å²) in [7, 11) is 0. The summed E-state index contributed by atoms with van der Waals surface area (Å²) >= 11 is 0. The summed E-state index contributed by atoms with van der Waals surface area (Å²) in [5.74, 6) is 0.238. The molecule has 0 saturated heterocycles. The van der Waals surface area contributed by atoms with Crippen LogP contribution in [0.4, 0.5) is 4.39 Å². The molecular weight excluding hydrogens is 293 g/mol. The lowest BCUT2D eigenvalue weighted by atomic mass is 10.1. The number of amides is 1.